The summed E-state index contributed by atoms with van der Waals surface area (Å²) in [7, 11) is -2.18. The monoisotopic (exact) mass is 400 g/mol. The van der Waals surface area contributed by atoms with Crippen LogP contribution in [0.15, 0.2) is 46.2 Å². The number of fused-ring (bicyclic) bond motifs is 3. The number of aromatic hydroxyl groups is 1. The predicted octanol–water partition coefficient (Wildman–Crippen LogP) is 3.45. The van der Waals surface area contributed by atoms with E-state index in [0.29, 0.717) is 11.4 Å². The topological polar surface area (TPSA) is 71.3 Å². The minimum absolute atomic E-state index is 0.0882. The molecule has 2 bridgehead atoms. The van der Waals surface area contributed by atoms with Crippen molar-refractivity contribution in [2.24, 2.45) is 13.0 Å². The highest BCUT2D eigenvalue weighted by molar-refractivity contribution is 7.91. The Morgan fingerprint density at radius 3 is 2.71 bits per heavy atom. The molecule has 2 atom stereocenters. The van der Waals surface area contributed by atoms with E-state index in [1.54, 1.807) is 6.07 Å². The molecule has 3 aliphatic rings. The zero-order chi connectivity index (χ0) is 19.6. The van der Waals surface area contributed by atoms with Gasteiger partial charge in [-0.05, 0) is 55.5 Å². The van der Waals surface area contributed by atoms with Gasteiger partial charge in [0.25, 0.3) is 0 Å². The first-order chi connectivity index (χ1) is 13.4. The summed E-state index contributed by atoms with van der Waals surface area (Å²) in [5.41, 5.74) is 2.84. The molecule has 3 heterocycles. The Labute approximate surface area is 162 Å². The lowest BCUT2D eigenvalue weighted by molar-refractivity contribution is 0.332. The molecule has 1 aliphatic carbocycles. The maximum atomic E-state index is 14.2. The highest BCUT2D eigenvalue weighted by Gasteiger charge is 2.34. The predicted molar refractivity (Wildman–Crippen MR) is 104 cm³/mol. The van der Waals surface area contributed by atoms with Crippen LogP contribution in [-0.2, 0) is 23.3 Å². The highest BCUT2D eigenvalue weighted by atomic mass is 32.2. The van der Waals surface area contributed by atoms with Crippen LogP contribution < -0.4 is 5.32 Å². The van der Waals surface area contributed by atoms with Gasteiger partial charge in [0.1, 0.15) is 16.5 Å². The molecule has 1 saturated heterocycles. The van der Waals surface area contributed by atoms with Crippen LogP contribution in [0, 0.1) is 11.7 Å². The highest BCUT2D eigenvalue weighted by Crippen LogP contribution is 2.44. The van der Waals surface area contributed by atoms with Crippen LogP contribution in [0.2, 0.25) is 0 Å². The minimum atomic E-state index is -4.09. The number of halogens is 1. The molecule has 5 nitrogen and oxygen atoms in total. The summed E-state index contributed by atoms with van der Waals surface area (Å²) in [6.45, 7) is 0.944. The van der Waals surface area contributed by atoms with E-state index in [1.165, 1.54) is 24.3 Å². The zero-order valence-electron chi connectivity index (χ0n) is 15.4. The normalized spacial score (nSPS) is 21.6. The summed E-state index contributed by atoms with van der Waals surface area (Å²) in [5, 5.41) is 15.0. The second kappa shape index (κ2) is 6.06. The number of phenolic OH excluding ortho intramolecular Hbond substituents is 1. The number of hydrogen-bond acceptors (Lipinski definition) is 4. The van der Waals surface area contributed by atoms with Gasteiger partial charge in [-0.2, -0.15) is 0 Å². The van der Waals surface area contributed by atoms with E-state index in [4.69, 9.17) is 0 Å². The van der Waals surface area contributed by atoms with Crippen molar-refractivity contribution in [1.82, 2.24) is 9.88 Å². The molecule has 0 radical (unpaired) electrons. The van der Waals surface area contributed by atoms with Crippen LogP contribution in [0.1, 0.15) is 30.1 Å². The standard InChI is InChI=1S/C21H21FN2O3S/c1-24-17-8-12-6-7-16(23-11-12)20(17)14-9-13(10-18(25)21(14)24)28(26,27)19-5-3-2-4-15(19)22/h2-5,9-10,12,16,23,25H,6-8,11H2,1H3. The number of piperidine rings is 1. The van der Waals surface area contributed by atoms with Gasteiger partial charge in [-0.15, -0.1) is 0 Å². The molecule has 2 N–H and O–H groups in total. The van der Waals surface area contributed by atoms with Crippen LogP contribution in [0.25, 0.3) is 10.9 Å². The van der Waals surface area contributed by atoms with Crippen LogP contribution in [-0.4, -0.2) is 24.6 Å². The number of sulfone groups is 1. The number of nitrogens with one attached hydrogen (secondary N) is 1. The Kier molecular flexibility index (Phi) is 3.83. The first kappa shape index (κ1) is 17.7. The van der Waals surface area contributed by atoms with Crippen molar-refractivity contribution in [3.05, 3.63) is 53.5 Å². The van der Waals surface area contributed by atoms with E-state index < -0.39 is 15.7 Å². The van der Waals surface area contributed by atoms with Crippen LogP contribution >= 0.6 is 0 Å². The third-order valence-electron chi connectivity index (χ3n) is 6.19. The molecule has 3 aromatic rings. The molecular formula is C21H21FN2O3S. The Balaban J connectivity index is 1.78. The zero-order valence-corrected chi connectivity index (χ0v) is 16.3. The minimum Gasteiger partial charge on any atom is -0.506 e. The smallest absolute Gasteiger partial charge is 0.209 e. The molecule has 7 heteroatoms. The molecule has 0 saturated carbocycles. The Bertz CT molecular complexity index is 1210. The van der Waals surface area contributed by atoms with Crippen LogP contribution in [0.3, 0.4) is 0 Å². The number of aryl methyl sites for hydroxylation is 1. The lowest BCUT2D eigenvalue weighted by atomic mass is 9.94. The van der Waals surface area contributed by atoms with Gasteiger partial charge >= 0.3 is 0 Å². The largest absolute Gasteiger partial charge is 0.506 e. The van der Waals surface area contributed by atoms with Gasteiger partial charge in [-0.25, -0.2) is 12.8 Å². The van der Waals surface area contributed by atoms with E-state index in [2.05, 4.69) is 5.32 Å². The summed E-state index contributed by atoms with van der Waals surface area (Å²) in [6, 6.07) is 8.29. The maximum Gasteiger partial charge on any atom is 0.209 e. The van der Waals surface area contributed by atoms with E-state index in [1.807, 2.05) is 11.6 Å². The molecule has 2 unspecified atom stereocenters. The molecule has 0 amide bonds. The second-order valence-electron chi connectivity index (χ2n) is 7.80. The molecule has 2 aromatic carbocycles. The summed E-state index contributed by atoms with van der Waals surface area (Å²) >= 11 is 0. The fourth-order valence-corrected chi connectivity index (χ4v) is 6.19. The summed E-state index contributed by atoms with van der Waals surface area (Å²) in [5.74, 6) is -0.350. The SMILES string of the molecule is Cn1c2c(c3cc(S(=O)(=O)c4ccccc4F)cc(O)c31)C1CCC(CN1)C2. The van der Waals surface area contributed by atoms with Gasteiger partial charge in [0.05, 0.1) is 10.4 Å². The second-order valence-corrected chi connectivity index (χ2v) is 9.72. The van der Waals surface area contributed by atoms with Crippen molar-refractivity contribution in [3.8, 4) is 5.75 Å². The summed E-state index contributed by atoms with van der Waals surface area (Å²) < 4.78 is 42.3. The number of phenols is 1. The molecule has 146 valence electrons. The number of rotatable bonds is 2. The van der Waals surface area contributed by atoms with E-state index >= 15 is 0 Å². The van der Waals surface area contributed by atoms with E-state index in [9.17, 15) is 17.9 Å². The Morgan fingerprint density at radius 1 is 1.21 bits per heavy atom. The molecule has 1 fully saturated rings. The number of nitrogens with zero attached hydrogens (tertiary/aromatic N) is 1. The first-order valence-electron chi connectivity index (χ1n) is 9.45. The molecule has 1 aromatic heterocycles. The third-order valence-corrected chi connectivity index (χ3v) is 7.95. The Hall–Kier alpha value is -2.38. The molecule has 2 aliphatic heterocycles. The van der Waals surface area contributed by atoms with E-state index in [0.717, 1.165) is 48.5 Å². The van der Waals surface area contributed by atoms with Crippen molar-refractivity contribution in [2.75, 3.05) is 6.54 Å². The van der Waals surface area contributed by atoms with Crippen molar-refractivity contribution >= 4 is 20.7 Å². The fraction of sp³-hybridized carbons (Fsp3) is 0.333. The van der Waals surface area contributed by atoms with Gasteiger partial charge in [0.2, 0.25) is 9.84 Å². The number of aromatic nitrogens is 1. The molecular weight excluding hydrogens is 379 g/mol. The summed E-state index contributed by atoms with van der Waals surface area (Å²) in [4.78, 5) is -0.468. The van der Waals surface area contributed by atoms with Gasteiger partial charge in [-0.1, -0.05) is 12.1 Å². The van der Waals surface area contributed by atoms with Gasteiger partial charge in [0, 0.05) is 30.2 Å². The molecule has 6 rings (SSSR count). The average Bonchev–Trinajstić information content (AvgIpc) is 2.82. The first-order valence-corrected chi connectivity index (χ1v) is 10.9. The van der Waals surface area contributed by atoms with Gasteiger partial charge < -0.3 is 15.0 Å². The van der Waals surface area contributed by atoms with Gasteiger partial charge in [0.15, 0.2) is 0 Å². The molecule has 0 spiro atoms. The quantitative estimate of drug-likeness (QED) is 0.691. The van der Waals surface area contributed by atoms with E-state index in [-0.39, 0.29) is 21.6 Å². The molecule has 28 heavy (non-hydrogen) atoms. The maximum absolute atomic E-state index is 14.2. The lowest BCUT2D eigenvalue weighted by Gasteiger charge is -2.25. The number of hydrogen-bond donors (Lipinski definition) is 2. The van der Waals surface area contributed by atoms with Crippen molar-refractivity contribution in [3.63, 3.8) is 0 Å². The van der Waals surface area contributed by atoms with Crippen molar-refractivity contribution in [1.29, 1.82) is 0 Å². The summed E-state index contributed by atoms with van der Waals surface area (Å²) in [6.07, 6.45) is 3.02. The lowest BCUT2D eigenvalue weighted by Crippen LogP contribution is -2.30. The van der Waals surface area contributed by atoms with Crippen LogP contribution in [0.4, 0.5) is 4.39 Å². The van der Waals surface area contributed by atoms with Crippen molar-refractivity contribution < 1.29 is 17.9 Å². The third kappa shape index (κ3) is 2.42. The van der Waals surface area contributed by atoms with Gasteiger partial charge in [-0.3, -0.25) is 0 Å². The Morgan fingerprint density at radius 2 is 2.00 bits per heavy atom. The number of benzene rings is 2. The average molecular weight is 400 g/mol. The fourth-order valence-electron chi connectivity index (χ4n) is 4.81. The van der Waals surface area contributed by atoms with Crippen LogP contribution in [0.5, 0.6) is 5.75 Å². The van der Waals surface area contributed by atoms with Crippen molar-refractivity contribution in [2.45, 2.75) is 35.1 Å².